The van der Waals surface area contributed by atoms with Crippen LogP contribution >= 0.6 is 0 Å². The summed E-state index contributed by atoms with van der Waals surface area (Å²) in [4.78, 5) is 14.6. The molecule has 2 nitrogen and oxygen atoms in total. The summed E-state index contributed by atoms with van der Waals surface area (Å²) < 4.78 is 0. The molecule has 1 saturated carbocycles. The Bertz CT molecular complexity index is 279. The second kappa shape index (κ2) is 6.08. The minimum atomic E-state index is 0.436. The molecule has 18 heavy (non-hydrogen) atoms. The summed E-state index contributed by atoms with van der Waals surface area (Å²) in [7, 11) is 0. The fourth-order valence-corrected chi connectivity index (χ4v) is 3.69. The summed E-state index contributed by atoms with van der Waals surface area (Å²) in [5, 5.41) is 0. The quantitative estimate of drug-likeness (QED) is 0.746. The average molecular weight is 251 g/mol. The van der Waals surface area contributed by atoms with Gasteiger partial charge in [0.15, 0.2) is 0 Å². The first-order valence-electron chi connectivity index (χ1n) is 7.87. The molecule has 1 aliphatic carbocycles. The lowest BCUT2D eigenvalue weighted by molar-refractivity contribution is -0.134. The third kappa shape index (κ3) is 3.27. The third-order valence-electron chi connectivity index (χ3n) is 4.99. The lowest BCUT2D eigenvalue weighted by Crippen LogP contribution is -2.39. The van der Waals surface area contributed by atoms with Crippen LogP contribution in [0.25, 0.3) is 0 Å². The molecule has 2 rings (SSSR count). The smallest absolute Gasteiger partial charge is 0.223 e. The Kier molecular flexibility index (Phi) is 4.69. The molecule has 1 unspecified atom stereocenters. The zero-order valence-corrected chi connectivity index (χ0v) is 12.3. The van der Waals surface area contributed by atoms with Gasteiger partial charge >= 0.3 is 0 Å². The van der Waals surface area contributed by atoms with Crippen molar-refractivity contribution in [1.82, 2.24) is 4.90 Å². The van der Waals surface area contributed by atoms with Gasteiger partial charge in [0.05, 0.1) is 0 Å². The van der Waals surface area contributed by atoms with Crippen molar-refractivity contribution in [2.45, 2.75) is 71.8 Å². The maximum atomic E-state index is 12.4. The van der Waals surface area contributed by atoms with Crippen LogP contribution in [0.4, 0.5) is 0 Å². The maximum Gasteiger partial charge on any atom is 0.223 e. The van der Waals surface area contributed by atoms with E-state index in [0.717, 1.165) is 18.9 Å². The highest BCUT2D eigenvalue weighted by Crippen LogP contribution is 2.32. The van der Waals surface area contributed by atoms with Gasteiger partial charge in [-0.25, -0.2) is 0 Å². The summed E-state index contributed by atoms with van der Waals surface area (Å²) in [6, 6.07) is 0.514. The molecule has 2 aliphatic rings. The standard InChI is InChI=1S/C16H29NO/c1-12(2)15-5-4-10-17(15)16(18)11-14-8-6-13(3)7-9-14/h12-15H,4-11H2,1-3H3. The summed E-state index contributed by atoms with van der Waals surface area (Å²) in [5.74, 6) is 2.60. The van der Waals surface area contributed by atoms with Gasteiger partial charge in [0, 0.05) is 19.0 Å². The van der Waals surface area contributed by atoms with Crippen LogP contribution in [0.15, 0.2) is 0 Å². The lowest BCUT2D eigenvalue weighted by atomic mass is 9.81. The van der Waals surface area contributed by atoms with Crippen molar-refractivity contribution in [2.24, 2.45) is 17.8 Å². The van der Waals surface area contributed by atoms with Crippen molar-refractivity contribution in [3.05, 3.63) is 0 Å². The molecule has 0 radical (unpaired) electrons. The van der Waals surface area contributed by atoms with Crippen molar-refractivity contribution >= 4 is 5.91 Å². The molecule has 0 N–H and O–H groups in total. The van der Waals surface area contributed by atoms with Gasteiger partial charge in [0.1, 0.15) is 0 Å². The van der Waals surface area contributed by atoms with E-state index in [0.29, 0.717) is 23.8 Å². The van der Waals surface area contributed by atoms with Crippen molar-refractivity contribution in [3.63, 3.8) is 0 Å². The predicted molar refractivity (Wildman–Crippen MR) is 75.3 cm³/mol. The largest absolute Gasteiger partial charge is 0.339 e. The molecule has 2 heteroatoms. The second-order valence-electron chi connectivity index (χ2n) is 6.87. The highest BCUT2D eigenvalue weighted by Gasteiger charge is 2.32. The van der Waals surface area contributed by atoms with Crippen LogP contribution < -0.4 is 0 Å². The Hall–Kier alpha value is -0.530. The first-order chi connectivity index (χ1) is 8.58. The number of carbonyl (C=O) groups is 1. The third-order valence-corrected chi connectivity index (χ3v) is 4.99. The van der Waals surface area contributed by atoms with E-state index in [1.54, 1.807) is 0 Å². The average Bonchev–Trinajstić information content (AvgIpc) is 2.81. The van der Waals surface area contributed by atoms with Gasteiger partial charge in [-0.2, -0.15) is 0 Å². The van der Waals surface area contributed by atoms with Crippen LogP contribution in [0.3, 0.4) is 0 Å². The molecule has 1 saturated heterocycles. The fraction of sp³-hybridized carbons (Fsp3) is 0.938. The normalized spacial score (nSPS) is 33.1. The Balaban J connectivity index is 1.84. The second-order valence-corrected chi connectivity index (χ2v) is 6.87. The summed E-state index contributed by atoms with van der Waals surface area (Å²) >= 11 is 0. The Morgan fingerprint density at radius 3 is 2.44 bits per heavy atom. The van der Waals surface area contributed by atoms with Crippen molar-refractivity contribution < 1.29 is 4.79 Å². The summed E-state index contributed by atoms with van der Waals surface area (Å²) in [6.45, 7) is 7.84. The fourth-order valence-electron chi connectivity index (χ4n) is 3.69. The van der Waals surface area contributed by atoms with Crippen LogP contribution in [0.2, 0.25) is 0 Å². The molecule has 0 bridgehead atoms. The van der Waals surface area contributed by atoms with E-state index in [9.17, 15) is 4.79 Å². The van der Waals surface area contributed by atoms with Crippen molar-refractivity contribution in [2.75, 3.05) is 6.54 Å². The first-order valence-corrected chi connectivity index (χ1v) is 7.87. The highest BCUT2D eigenvalue weighted by molar-refractivity contribution is 5.77. The number of rotatable bonds is 3. The molecular formula is C16H29NO. The molecule has 1 amide bonds. The monoisotopic (exact) mass is 251 g/mol. The number of hydrogen-bond acceptors (Lipinski definition) is 1. The molecular weight excluding hydrogens is 222 g/mol. The zero-order valence-electron chi connectivity index (χ0n) is 12.3. The molecule has 104 valence electrons. The summed E-state index contributed by atoms with van der Waals surface area (Å²) in [5.41, 5.74) is 0. The van der Waals surface area contributed by atoms with Crippen LogP contribution in [0, 0.1) is 17.8 Å². The predicted octanol–water partition coefficient (Wildman–Crippen LogP) is 3.85. The minimum Gasteiger partial charge on any atom is -0.339 e. The first kappa shape index (κ1) is 13.9. The van der Waals surface area contributed by atoms with E-state index in [2.05, 4.69) is 25.7 Å². The van der Waals surface area contributed by atoms with Crippen molar-refractivity contribution in [1.29, 1.82) is 0 Å². The Morgan fingerprint density at radius 1 is 1.17 bits per heavy atom. The number of hydrogen-bond donors (Lipinski definition) is 0. The van der Waals surface area contributed by atoms with E-state index in [1.807, 2.05) is 0 Å². The van der Waals surface area contributed by atoms with Gasteiger partial charge < -0.3 is 4.90 Å². The van der Waals surface area contributed by atoms with E-state index < -0.39 is 0 Å². The molecule has 0 aromatic heterocycles. The van der Waals surface area contributed by atoms with Gasteiger partial charge in [0.2, 0.25) is 5.91 Å². The van der Waals surface area contributed by atoms with Gasteiger partial charge in [-0.15, -0.1) is 0 Å². The van der Waals surface area contributed by atoms with E-state index in [-0.39, 0.29) is 0 Å². The van der Waals surface area contributed by atoms with Crippen LogP contribution in [-0.2, 0) is 4.79 Å². The summed E-state index contributed by atoms with van der Waals surface area (Å²) in [6.07, 6.45) is 8.43. The van der Waals surface area contributed by atoms with E-state index >= 15 is 0 Å². The van der Waals surface area contributed by atoms with Crippen molar-refractivity contribution in [3.8, 4) is 0 Å². The van der Waals surface area contributed by atoms with Crippen LogP contribution in [0.1, 0.15) is 65.7 Å². The number of carbonyl (C=O) groups excluding carboxylic acids is 1. The molecule has 0 aromatic carbocycles. The number of likely N-dealkylation sites (tertiary alicyclic amines) is 1. The number of nitrogens with zero attached hydrogens (tertiary/aromatic N) is 1. The minimum absolute atomic E-state index is 0.436. The van der Waals surface area contributed by atoms with Gasteiger partial charge in [-0.05, 0) is 43.4 Å². The topological polar surface area (TPSA) is 20.3 Å². The Labute approximate surface area is 112 Å². The molecule has 1 atom stereocenters. The highest BCUT2D eigenvalue weighted by atomic mass is 16.2. The molecule has 0 spiro atoms. The van der Waals surface area contributed by atoms with Gasteiger partial charge in [0.25, 0.3) is 0 Å². The van der Waals surface area contributed by atoms with Gasteiger partial charge in [-0.1, -0.05) is 33.6 Å². The molecule has 1 heterocycles. The lowest BCUT2D eigenvalue weighted by Gasteiger charge is -2.31. The zero-order chi connectivity index (χ0) is 13.1. The maximum absolute atomic E-state index is 12.4. The molecule has 1 aliphatic heterocycles. The van der Waals surface area contributed by atoms with E-state index in [1.165, 1.54) is 38.5 Å². The van der Waals surface area contributed by atoms with Gasteiger partial charge in [-0.3, -0.25) is 4.79 Å². The molecule has 0 aromatic rings. The van der Waals surface area contributed by atoms with Crippen LogP contribution in [-0.4, -0.2) is 23.4 Å². The Morgan fingerprint density at radius 2 is 1.83 bits per heavy atom. The SMILES string of the molecule is CC1CCC(CC(=O)N2CCCC2C(C)C)CC1. The number of amides is 1. The van der Waals surface area contributed by atoms with E-state index in [4.69, 9.17) is 0 Å². The molecule has 2 fully saturated rings. The van der Waals surface area contributed by atoms with Crippen LogP contribution in [0.5, 0.6) is 0 Å².